The topological polar surface area (TPSA) is 36.2 Å². The number of amidine groups is 1. The summed E-state index contributed by atoms with van der Waals surface area (Å²) in [5.41, 5.74) is 2.87. The van der Waals surface area contributed by atoms with Crippen molar-refractivity contribution in [3.05, 3.63) is 59.7 Å². The van der Waals surface area contributed by atoms with E-state index in [0.29, 0.717) is 5.84 Å². The van der Waals surface area contributed by atoms with Crippen molar-refractivity contribution in [2.75, 3.05) is 0 Å². The summed E-state index contributed by atoms with van der Waals surface area (Å²) in [6, 6.07) is 9.97. The molecule has 1 N–H and O–H groups in total. The number of nitrogens with zero attached hydrogens (tertiary/aromatic N) is 1. The first kappa shape index (κ1) is 11.5. The van der Waals surface area contributed by atoms with E-state index in [4.69, 9.17) is 5.41 Å². The fourth-order valence-electron chi connectivity index (χ4n) is 1.77. The highest BCUT2D eigenvalue weighted by molar-refractivity contribution is 6.11. The molecule has 0 radical (unpaired) electrons. The van der Waals surface area contributed by atoms with Crippen molar-refractivity contribution in [3.63, 3.8) is 0 Å². The van der Waals surface area contributed by atoms with E-state index in [9.17, 15) is 0 Å². The second kappa shape index (κ2) is 5.39. The Morgan fingerprint density at radius 1 is 1.18 bits per heavy atom. The van der Waals surface area contributed by atoms with E-state index < -0.39 is 0 Å². The highest BCUT2D eigenvalue weighted by Gasteiger charge is 2.04. The lowest BCUT2D eigenvalue weighted by Crippen LogP contribution is -2.03. The third kappa shape index (κ3) is 3.00. The summed E-state index contributed by atoms with van der Waals surface area (Å²) in [4.78, 5) is 4.35. The van der Waals surface area contributed by atoms with Crippen LogP contribution in [0.1, 0.15) is 25.3 Å². The Hall–Kier alpha value is -1.96. The predicted octanol–water partition coefficient (Wildman–Crippen LogP) is 3.75. The molecule has 0 unspecified atom stereocenters. The zero-order valence-corrected chi connectivity index (χ0v) is 9.98. The van der Waals surface area contributed by atoms with Crippen LogP contribution in [0.5, 0.6) is 0 Å². The van der Waals surface area contributed by atoms with Crippen molar-refractivity contribution < 1.29 is 0 Å². The standard InChI is InChI=1S/C15H16N2/c1-12(13-8-4-2-5-9-13)17-15(16)14-10-6-3-7-11-14/h2,4-6,8-11,16H,3,7H2,1H3. The molecule has 0 aliphatic heterocycles. The smallest absolute Gasteiger partial charge is 0.151 e. The van der Waals surface area contributed by atoms with Gasteiger partial charge in [-0.2, -0.15) is 0 Å². The summed E-state index contributed by atoms with van der Waals surface area (Å²) in [6.45, 7) is 1.94. The largest absolute Gasteiger partial charge is 0.282 e. The summed E-state index contributed by atoms with van der Waals surface area (Å²) in [5.74, 6) is 0.349. The van der Waals surface area contributed by atoms with Gasteiger partial charge in [-0.15, -0.1) is 0 Å². The van der Waals surface area contributed by atoms with Crippen LogP contribution in [0.4, 0.5) is 0 Å². The maximum atomic E-state index is 7.96. The normalized spacial score (nSPS) is 15.6. The molecule has 2 nitrogen and oxygen atoms in total. The van der Waals surface area contributed by atoms with Crippen LogP contribution in [-0.4, -0.2) is 11.5 Å². The van der Waals surface area contributed by atoms with Crippen LogP contribution < -0.4 is 0 Å². The number of hydrogen-bond acceptors (Lipinski definition) is 1. The van der Waals surface area contributed by atoms with Gasteiger partial charge >= 0.3 is 0 Å². The van der Waals surface area contributed by atoms with Gasteiger partial charge in [0.15, 0.2) is 5.84 Å². The van der Waals surface area contributed by atoms with E-state index in [2.05, 4.69) is 17.1 Å². The van der Waals surface area contributed by atoms with Gasteiger partial charge in [0, 0.05) is 11.3 Å². The van der Waals surface area contributed by atoms with E-state index in [1.54, 1.807) is 0 Å². The average molecular weight is 224 g/mol. The average Bonchev–Trinajstić information content (AvgIpc) is 2.40. The third-order valence-electron chi connectivity index (χ3n) is 2.74. The van der Waals surface area contributed by atoms with E-state index in [1.165, 1.54) is 0 Å². The van der Waals surface area contributed by atoms with Crippen LogP contribution in [-0.2, 0) is 0 Å². The molecule has 2 heteroatoms. The zero-order chi connectivity index (χ0) is 12.1. The fourth-order valence-corrected chi connectivity index (χ4v) is 1.77. The number of hydrogen-bond donors (Lipinski definition) is 1. The Bertz CT molecular complexity index is 493. The maximum absolute atomic E-state index is 7.96. The molecule has 1 aromatic rings. The van der Waals surface area contributed by atoms with Crippen molar-refractivity contribution in [3.8, 4) is 0 Å². The minimum atomic E-state index is 0.349. The Labute approximate surface area is 102 Å². The van der Waals surface area contributed by atoms with E-state index >= 15 is 0 Å². The van der Waals surface area contributed by atoms with Crippen LogP contribution in [0.25, 0.3) is 0 Å². The van der Waals surface area contributed by atoms with Crippen LogP contribution in [0.2, 0.25) is 0 Å². The molecule has 0 fully saturated rings. The second-order valence-corrected chi connectivity index (χ2v) is 4.05. The number of allylic oxidation sites excluding steroid dienone is 2. The highest BCUT2D eigenvalue weighted by atomic mass is 14.8. The van der Waals surface area contributed by atoms with Crippen LogP contribution in [0.3, 0.4) is 0 Å². The van der Waals surface area contributed by atoms with E-state index in [0.717, 1.165) is 29.7 Å². The highest BCUT2D eigenvalue weighted by Crippen LogP contribution is 2.12. The molecule has 1 aromatic carbocycles. The Kier molecular flexibility index (Phi) is 3.66. The molecule has 0 aromatic heterocycles. The molecule has 0 saturated heterocycles. The zero-order valence-electron chi connectivity index (χ0n) is 9.98. The van der Waals surface area contributed by atoms with Crippen molar-refractivity contribution in [1.82, 2.24) is 0 Å². The third-order valence-corrected chi connectivity index (χ3v) is 2.74. The lowest BCUT2D eigenvalue weighted by atomic mass is 10.1. The first-order valence-corrected chi connectivity index (χ1v) is 5.84. The second-order valence-electron chi connectivity index (χ2n) is 4.05. The molecule has 0 bridgehead atoms. The van der Waals surface area contributed by atoms with Crippen molar-refractivity contribution in [2.24, 2.45) is 4.99 Å². The molecule has 0 heterocycles. The van der Waals surface area contributed by atoms with Crippen LogP contribution in [0, 0.1) is 5.41 Å². The first-order chi connectivity index (χ1) is 8.27. The van der Waals surface area contributed by atoms with Gasteiger partial charge in [0.25, 0.3) is 0 Å². The maximum Gasteiger partial charge on any atom is 0.151 e. The number of rotatable bonds is 2. The first-order valence-electron chi connectivity index (χ1n) is 5.84. The number of aliphatic imine (C=N–C) groups is 1. The molecule has 2 rings (SSSR count). The number of benzene rings is 1. The van der Waals surface area contributed by atoms with Gasteiger partial charge in [-0.05, 0) is 25.3 Å². The van der Waals surface area contributed by atoms with Crippen molar-refractivity contribution in [1.29, 1.82) is 5.41 Å². The Morgan fingerprint density at radius 3 is 2.59 bits per heavy atom. The summed E-state index contributed by atoms with van der Waals surface area (Å²) >= 11 is 0. The monoisotopic (exact) mass is 224 g/mol. The van der Waals surface area contributed by atoms with Gasteiger partial charge in [-0.3, -0.25) is 5.41 Å². The fraction of sp³-hybridized carbons (Fsp3) is 0.200. The summed E-state index contributed by atoms with van der Waals surface area (Å²) in [7, 11) is 0. The molecule has 0 atom stereocenters. The lowest BCUT2D eigenvalue weighted by molar-refractivity contribution is 1.03. The molecule has 0 amide bonds. The predicted molar refractivity (Wildman–Crippen MR) is 72.8 cm³/mol. The molecule has 86 valence electrons. The van der Waals surface area contributed by atoms with Crippen LogP contribution >= 0.6 is 0 Å². The molecule has 0 saturated carbocycles. The van der Waals surface area contributed by atoms with E-state index in [-0.39, 0.29) is 0 Å². The molecular weight excluding hydrogens is 208 g/mol. The van der Waals surface area contributed by atoms with Crippen molar-refractivity contribution in [2.45, 2.75) is 19.8 Å². The quantitative estimate of drug-likeness (QED) is 0.586. The number of nitrogens with one attached hydrogen (secondary N) is 1. The van der Waals surface area contributed by atoms with Gasteiger partial charge in [0.05, 0.1) is 0 Å². The van der Waals surface area contributed by atoms with Gasteiger partial charge < -0.3 is 0 Å². The summed E-state index contributed by atoms with van der Waals surface area (Å²) in [6.07, 6.45) is 8.22. The summed E-state index contributed by atoms with van der Waals surface area (Å²) < 4.78 is 0. The minimum absolute atomic E-state index is 0.349. The summed E-state index contributed by atoms with van der Waals surface area (Å²) in [5, 5.41) is 7.96. The SMILES string of the molecule is CC(=NC(=N)C1=CCCC=C1)c1ccccc1. The molecular formula is C15H16N2. The van der Waals surface area contributed by atoms with Crippen LogP contribution in [0.15, 0.2) is 59.1 Å². The Balaban J connectivity index is 2.17. The molecule has 1 aliphatic rings. The Morgan fingerprint density at radius 2 is 1.94 bits per heavy atom. The molecule has 1 aliphatic carbocycles. The molecule has 17 heavy (non-hydrogen) atoms. The van der Waals surface area contributed by atoms with Gasteiger partial charge in [-0.25, -0.2) is 4.99 Å². The minimum Gasteiger partial charge on any atom is -0.282 e. The lowest BCUT2D eigenvalue weighted by Gasteiger charge is -2.06. The van der Waals surface area contributed by atoms with Gasteiger partial charge in [-0.1, -0.05) is 48.6 Å². The van der Waals surface area contributed by atoms with Gasteiger partial charge in [0.2, 0.25) is 0 Å². The van der Waals surface area contributed by atoms with Gasteiger partial charge in [0.1, 0.15) is 0 Å². The van der Waals surface area contributed by atoms with E-state index in [1.807, 2.05) is 43.3 Å². The van der Waals surface area contributed by atoms with Crippen molar-refractivity contribution >= 4 is 11.5 Å². The molecule has 0 spiro atoms.